The first-order valence-corrected chi connectivity index (χ1v) is 8.44. The van der Waals surface area contributed by atoms with Crippen LogP contribution in [0.3, 0.4) is 0 Å². The number of nitrogens with two attached hydrogens (primary N) is 1. The van der Waals surface area contributed by atoms with Crippen LogP contribution in [0.2, 0.25) is 0 Å². The number of ether oxygens (including phenoxy) is 1. The topological polar surface area (TPSA) is 113 Å². The van der Waals surface area contributed by atoms with E-state index in [0.29, 0.717) is 12.2 Å². The van der Waals surface area contributed by atoms with E-state index in [1.54, 1.807) is 0 Å². The maximum atomic E-state index is 14.3. The maximum Gasteiger partial charge on any atom is 0.274 e. The minimum absolute atomic E-state index is 0. The van der Waals surface area contributed by atoms with Gasteiger partial charge in [-0.15, -0.1) is 12.4 Å². The van der Waals surface area contributed by atoms with E-state index in [0.717, 1.165) is 6.20 Å². The second-order valence-corrected chi connectivity index (χ2v) is 6.09. The van der Waals surface area contributed by atoms with Crippen molar-refractivity contribution in [1.82, 2.24) is 10.3 Å². The minimum atomic E-state index is -3.22. The fraction of sp³-hybridized carbons (Fsp3) is 0.263. The van der Waals surface area contributed by atoms with Crippen molar-refractivity contribution in [1.29, 1.82) is 5.26 Å². The molecular weight excluding hydrogens is 442 g/mol. The summed E-state index contributed by atoms with van der Waals surface area (Å²) in [6.45, 7) is 0.879. The quantitative estimate of drug-likeness (QED) is 0.481. The lowest BCUT2D eigenvalue weighted by Crippen LogP contribution is -2.49. The van der Waals surface area contributed by atoms with Crippen LogP contribution in [0.5, 0.6) is 0 Å². The molecule has 2 heterocycles. The first-order valence-electron chi connectivity index (χ1n) is 8.44. The zero-order chi connectivity index (χ0) is 22.3. The van der Waals surface area contributed by atoms with Crippen LogP contribution in [0, 0.1) is 11.3 Å². The number of hydrogen-bond acceptors (Lipinski definition) is 6. The lowest BCUT2D eigenvalue weighted by molar-refractivity contribution is 0.00585. The van der Waals surface area contributed by atoms with E-state index in [2.05, 4.69) is 21.9 Å². The van der Waals surface area contributed by atoms with Crippen LogP contribution < -0.4 is 11.1 Å². The Balaban J connectivity index is 0.00000480. The monoisotopic (exact) mass is 459 g/mol. The maximum absolute atomic E-state index is 14.3. The first kappa shape index (κ1) is 25.8. The van der Waals surface area contributed by atoms with E-state index in [9.17, 15) is 22.4 Å². The Morgan fingerprint density at radius 1 is 1.48 bits per heavy atom. The van der Waals surface area contributed by atoms with Gasteiger partial charge in [-0.05, 0) is 29.9 Å². The summed E-state index contributed by atoms with van der Waals surface area (Å²) in [6, 6.07) is 4.33. The van der Waals surface area contributed by atoms with E-state index >= 15 is 0 Å². The molecule has 0 saturated heterocycles. The van der Waals surface area contributed by atoms with Gasteiger partial charge in [0.1, 0.15) is 36.7 Å². The third-order valence-corrected chi connectivity index (χ3v) is 4.10. The van der Waals surface area contributed by atoms with Crippen molar-refractivity contribution in [2.45, 2.75) is 12.0 Å². The summed E-state index contributed by atoms with van der Waals surface area (Å²) in [4.78, 5) is 19.8. The van der Waals surface area contributed by atoms with E-state index in [1.807, 2.05) is 6.07 Å². The van der Waals surface area contributed by atoms with Crippen molar-refractivity contribution < 1.29 is 27.1 Å². The Morgan fingerprint density at radius 2 is 2.19 bits per heavy atom. The van der Waals surface area contributed by atoms with E-state index in [1.165, 1.54) is 12.1 Å². The highest BCUT2D eigenvalue weighted by molar-refractivity contribution is 5.93. The predicted molar refractivity (Wildman–Crippen MR) is 107 cm³/mol. The lowest BCUT2D eigenvalue weighted by atomic mass is 9.90. The number of allylic oxidation sites excluding steroid dienone is 3. The number of nitrogens with zero attached hydrogens (tertiary/aromatic N) is 3. The standard InChI is InChI=1S/C19H17F4N5O2.ClH/c1-2-13(21)15(27-17(29)14-4-3-11(7-24)8-26-14)5-12(6-20)19(18(22)23)10-30-9-16(25)28-19;/h2-5,8,18H,1,6,9-10H2,(H2,25,28)(H,27,29);1H/b12-5+,15-13-;. The van der Waals surface area contributed by atoms with Crippen molar-refractivity contribution in [3.8, 4) is 6.07 Å². The molecule has 1 unspecified atom stereocenters. The summed E-state index contributed by atoms with van der Waals surface area (Å²) in [5.74, 6) is -2.31. The van der Waals surface area contributed by atoms with E-state index in [-0.39, 0.29) is 36.1 Å². The van der Waals surface area contributed by atoms with Gasteiger partial charge in [0.2, 0.25) is 0 Å². The van der Waals surface area contributed by atoms with Crippen molar-refractivity contribution >= 4 is 24.1 Å². The van der Waals surface area contributed by atoms with Gasteiger partial charge in [-0.2, -0.15) is 5.26 Å². The molecule has 0 fully saturated rings. The molecule has 0 bridgehead atoms. The molecule has 1 aliphatic heterocycles. The zero-order valence-corrected chi connectivity index (χ0v) is 16.8. The Kier molecular flexibility index (Phi) is 9.36. The number of nitriles is 1. The average Bonchev–Trinajstić information content (AvgIpc) is 2.75. The highest BCUT2D eigenvalue weighted by Gasteiger charge is 2.46. The van der Waals surface area contributed by atoms with E-state index < -0.39 is 48.3 Å². The number of pyridine rings is 1. The number of alkyl halides is 3. The average molecular weight is 460 g/mol. The van der Waals surface area contributed by atoms with Gasteiger partial charge >= 0.3 is 0 Å². The van der Waals surface area contributed by atoms with Gasteiger partial charge < -0.3 is 15.8 Å². The van der Waals surface area contributed by atoms with Gasteiger partial charge in [0.25, 0.3) is 12.3 Å². The smallest absolute Gasteiger partial charge is 0.274 e. The molecule has 1 aromatic rings. The molecule has 7 nitrogen and oxygen atoms in total. The molecule has 1 atom stereocenters. The molecule has 12 heteroatoms. The highest BCUT2D eigenvalue weighted by Crippen LogP contribution is 2.33. The number of amides is 1. The number of aliphatic imine (C=N–C) groups is 1. The minimum Gasteiger partial charge on any atom is -0.385 e. The summed E-state index contributed by atoms with van der Waals surface area (Å²) in [5, 5.41) is 10.9. The number of carbonyl (C=O) groups excluding carboxylic acids is 1. The SMILES string of the molecule is C=C/C(F)=C(\C=C(/CF)C1(C(F)F)COCC(N)=N1)NC(=O)c1ccc(C#N)cn1.Cl. The fourth-order valence-corrected chi connectivity index (χ4v) is 2.56. The molecule has 1 aliphatic rings. The van der Waals surface area contributed by atoms with Crippen LogP contribution in [0.25, 0.3) is 0 Å². The molecular formula is C19H18ClF4N5O2. The van der Waals surface area contributed by atoms with E-state index in [4.69, 9.17) is 15.7 Å². The normalized spacial score (nSPS) is 19.5. The second-order valence-electron chi connectivity index (χ2n) is 6.09. The zero-order valence-electron chi connectivity index (χ0n) is 15.9. The molecule has 0 saturated carbocycles. The number of nitrogens with one attached hydrogen (secondary N) is 1. The number of halogens is 5. The van der Waals surface area contributed by atoms with Crippen LogP contribution in [0.15, 0.2) is 59.1 Å². The number of amidine groups is 1. The van der Waals surface area contributed by atoms with Crippen molar-refractivity contribution in [2.75, 3.05) is 19.9 Å². The first-order chi connectivity index (χ1) is 14.3. The Morgan fingerprint density at radius 3 is 2.68 bits per heavy atom. The Bertz CT molecular complexity index is 957. The fourth-order valence-electron chi connectivity index (χ4n) is 2.56. The van der Waals surface area contributed by atoms with Crippen LogP contribution in [-0.4, -0.2) is 48.6 Å². The van der Waals surface area contributed by atoms with Crippen molar-refractivity contribution in [2.24, 2.45) is 10.7 Å². The summed E-state index contributed by atoms with van der Waals surface area (Å²) in [6.07, 6.45) is -0.690. The molecule has 0 aromatic carbocycles. The van der Waals surface area contributed by atoms with Crippen LogP contribution in [0.1, 0.15) is 16.1 Å². The summed E-state index contributed by atoms with van der Waals surface area (Å²) in [7, 11) is 0. The molecule has 1 amide bonds. The van der Waals surface area contributed by atoms with Gasteiger partial charge in [-0.25, -0.2) is 22.5 Å². The van der Waals surface area contributed by atoms with Crippen LogP contribution >= 0.6 is 12.4 Å². The largest absolute Gasteiger partial charge is 0.385 e. The van der Waals surface area contributed by atoms with Gasteiger partial charge in [-0.3, -0.25) is 9.79 Å². The molecule has 3 N–H and O–H groups in total. The van der Waals surface area contributed by atoms with Gasteiger partial charge in [0.15, 0.2) is 5.54 Å². The van der Waals surface area contributed by atoms with Gasteiger partial charge in [-0.1, -0.05) is 6.58 Å². The number of rotatable bonds is 7. The summed E-state index contributed by atoms with van der Waals surface area (Å²) < 4.78 is 60.7. The number of hydrogen-bond donors (Lipinski definition) is 2. The molecule has 1 aromatic heterocycles. The van der Waals surface area contributed by atoms with Crippen molar-refractivity contribution in [3.05, 3.63) is 65.4 Å². The van der Waals surface area contributed by atoms with Gasteiger partial charge in [0, 0.05) is 6.20 Å². The van der Waals surface area contributed by atoms with Crippen LogP contribution in [0.4, 0.5) is 17.6 Å². The van der Waals surface area contributed by atoms with Crippen molar-refractivity contribution in [3.63, 3.8) is 0 Å². The summed E-state index contributed by atoms with van der Waals surface area (Å²) in [5.41, 5.74) is 1.72. The summed E-state index contributed by atoms with van der Waals surface area (Å²) >= 11 is 0. The third kappa shape index (κ3) is 5.90. The molecule has 0 radical (unpaired) electrons. The Hall–Kier alpha value is -3.23. The molecule has 0 aliphatic carbocycles. The number of carbonyl (C=O) groups is 1. The van der Waals surface area contributed by atoms with Gasteiger partial charge in [0.05, 0.1) is 17.9 Å². The molecule has 2 rings (SSSR count). The van der Waals surface area contributed by atoms with Crippen LogP contribution in [-0.2, 0) is 4.74 Å². The number of aromatic nitrogens is 1. The molecule has 166 valence electrons. The molecule has 0 spiro atoms. The molecule has 31 heavy (non-hydrogen) atoms. The third-order valence-electron chi connectivity index (χ3n) is 4.10. The second kappa shape index (κ2) is 11.2. The highest BCUT2D eigenvalue weighted by atomic mass is 35.5. The Labute approximate surface area is 181 Å². The lowest BCUT2D eigenvalue weighted by Gasteiger charge is -2.34. The predicted octanol–water partition coefficient (Wildman–Crippen LogP) is 2.76.